The van der Waals surface area contributed by atoms with Crippen molar-refractivity contribution in [1.82, 2.24) is 15.2 Å². The van der Waals surface area contributed by atoms with Gasteiger partial charge in [-0.3, -0.25) is 14.7 Å². The first-order valence-corrected chi connectivity index (χ1v) is 11.5. The van der Waals surface area contributed by atoms with Gasteiger partial charge in [-0.05, 0) is 36.8 Å². The van der Waals surface area contributed by atoms with Crippen molar-refractivity contribution in [2.24, 2.45) is 0 Å². The second kappa shape index (κ2) is 11.1. The van der Waals surface area contributed by atoms with E-state index in [4.69, 9.17) is 14.2 Å². The lowest BCUT2D eigenvalue weighted by Crippen LogP contribution is -2.44. The van der Waals surface area contributed by atoms with Gasteiger partial charge >= 0.3 is 0 Å². The van der Waals surface area contributed by atoms with Gasteiger partial charge in [0.2, 0.25) is 0 Å². The fourth-order valence-corrected chi connectivity index (χ4v) is 4.26. The largest absolute Gasteiger partial charge is 0.493 e. The minimum atomic E-state index is -0.136. The molecule has 1 fully saturated rings. The van der Waals surface area contributed by atoms with Crippen LogP contribution in [-0.2, 0) is 4.74 Å². The van der Waals surface area contributed by atoms with Crippen LogP contribution >= 0.6 is 0 Å². The van der Waals surface area contributed by atoms with Gasteiger partial charge in [-0.1, -0.05) is 36.4 Å². The van der Waals surface area contributed by atoms with E-state index in [1.54, 1.807) is 14.2 Å². The summed E-state index contributed by atoms with van der Waals surface area (Å²) in [6, 6.07) is 19.6. The highest BCUT2D eigenvalue weighted by atomic mass is 16.5. The molecule has 1 atom stereocenters. The Bertz CT molecular complexity index is 1110. The van der Waals surface area contributed by atoms with Gasteiger partial charge in [0.25, 0.3) is 5.91 Å². The number of ether oxygens (including phenoxy) is 3. The molecule has 1 amide bonds. The van der Waals surface area contributed by atoms with E-state index in [0.29, 0.717) is 42.5 Å². The molecule has 7 nitrogen and oxygen atoms in total. The summed E-state index contributed by atoms with van der Waals surface area (Å²) in [6.07, 6.45) is 0. The molecule has 0 radical (unpaired) electrons. The normalized spacial score (nSPS) is 14.9. The molecule has 2 heterocycles. The molecule has 1 N–H and O–H groups in total. The summed E-state index contributed by atoms with van der Waals surface area (Å²) < 4.78 is 16.4. The van der Waals surface area contributed by atoms with Crippen molar-refractivity contribution >= 4 is 5.91 Å². The molecule has 4 rings (SSSR count). The summed E-state index contributed by atoms with van der Waals surface area (Å²) in [5, 5.41) is 3.13. The van der Waals surface area contributed by atoms with Crippen molar-refractivity contribution in [3.63, 3.8) is 0 Å². The Morgan fingerprint density at radius 1 is 1.03 bits per heavy atom. The minimum absolute atomic E-state index is 0.0236. The van der Waals surface area contributed by atoms with Gasteiger partial charge in [0.05, 0.1) is 50.4 Å². The first-order chi connectivity index (χ1) is 16.6. The van der Waals surface area contributed by atoms with Crippen LogP contribution in [0.2, 0.25) is 0 Å². The Balaban J connectivity index is 1.53. The first kappa shape index (κ1) is 23.7. The monoisotopic (exact) mass is 461 g/mol. The zero-order chi connectivity index (χ0) is 23.9. The third-order valence-electron chi connectivity index (χ3n) is 6.13. The molecule has 0 spiro atoms. The average molecular weight is 462 g/mol. The number of hydrogen-bond acceptors (Lipinski definition) is 6. The molecule has 1 saturated heterocycles. The highest BCUT2D eigenvalue weighted by molar-refractivity contribution is 5.95. The van der Waals surface area contributed by atoms with Crippen molar-refractivity contribution < 1.29 is 19.0 Å². The Kier molecular flexibility index (Phi) is 7.77. The molecule has 1 aromatic heterocycles. The fraction of sp³-hybridized carbons (Fsp3) is 0.333. The maximum Gasteiger partial charge on any atom is 0.253 e. The molecular weight excluding hydrogens is 430 g/mol. The number of morpholine rings is 1. The van der Waals surface area contributed by atoms with Crippen LogP contribution in [0.5, 0.6) is 11.5 Å². The molecule has 7 heteroatoms. The number of carbonyl (C=O) groups excluding carboxylic acids is 1. The number of methoxy groups -OCH3 is 2. The number of nitrogens with one attached hydrogen (secondary N) is 1. The Morgan fingerprint density at radius 3 is 2.44 bits per heavy atom. The summed E-state index contributed by atoms with van der Waals surface area (Å²) in [7, 11) is 3.25. The molecular formula is C27H31N3O4. The van der Waals surface area contributed by atoms with Crippen LogP contribution < -0.4 is 14.8 Å². The van der Waals surface area contributed by atoms with Crippen LogP contribution in [0.4, 0.5) is 0 Å². The molecule has 2 aromatic carbocycles. The number of aryl methyl sites for hydroxylation is 1. The predicted molar refractivity (Wildman–Crippen MR) is 131 cm³/mol. The van der Waals surface area contributed by atoms with Gasteiger partial charge < -0.3 is 19.5 Å². The summed E-state index contributed by atoms with van der Waals surface area (Å²) >= 11 is 0. The van der Waals surface area contributed by atoms with Gasteiger partial charge in [0.15, 0.2) is 11.5 Å². The van der Waals surface area contributed by atoms with E-state index in [2.05, 4.69) is 15.2 Å². The molecule has 1 unspecified atom stereocenters. The molecule has 1 aliphatic heterocycles. The summed E-state index contributed by atoms with van der Waals surface area (Å²) in [4.78, 5) is 20.1. The van der Waals surface area contributed by atoms with Crippen LogP contribution in [-0.4, -0.2) is 62.9 Å². The maximum atomic E-state index is 13.1. The maximum absolute atomic E-state index is 13.1. The lowest BCUT2D eigenvalue weighted by Gasteiger charge is -2.35. The number of nitrogens with zero attached hydrogens (tertiary/aromatic N) is 2. The topological polar surface area (TPSA) is 72.9 Å². The summed E-state index contributed by atoms with van der Waals surface area (Å²) in [5.41, 5.74) is 4.21. The Morgan fingerprint density at radius 2 is 1.76 bits per heavy atom. The summed E-state index contributed by atoms with van der Waals surface area (Å²) in [5.74, 6) is 1.21. The number of pyridine rings is 1. The van der Waals surface area contributed by atoms with E-state index in [1.807, 2.05) is 67.6 Å². The third-order valence-corrected chi connectivity index (χ3v) is 6.13. The van der Waals surface area contributed by atoms with Crippen molar-refractivity contribution in [1.29, 1.82) is 0 Å². The Hall–Kier alpha value is -3.42. The van der Waals surface area contributed by atoms with Crippen LogP contribution in [0.1, 0.15) is 27.7 Å². The molecule has 34 heavy (non-hydrogen) atoms. The van der Waals surface area contributed by atoms with Gasteiger partial charge in [0, 0.05) is 25.2 Å². The van der Waals surface area contributed by atoms with E-state index in [0.717, 1.165) is 29.9 Å². The quantitative estimate of drug-likeness (QED) is 0.549. The molecule has 1 aliphatic rings. The van der Waals surface area contributed by atoms with Crippen LogP contribution in [0.3, 0.4) is 0 Å². The molecule has 3 aromatic rings. The van der Waals surface area contributed by atoms with Gasteiger partial charge in [-0.25, -0.2) is 0 Å². The lowest BCUT2D eigenvalue weighted by molar-refractivity contribution is 0.0162. The van der Waals surface area contributed by atoms with Crippen molar-refractivity contribution in [2.75, 3.05) is 47.1 Å². The van der Waals surface area contributed by atoms with E-state index in [-0.39, 0.29) is 11.9 Å². The minimum Gasteiger partial charge on any atom is -0.493 e. The molecule has 178 valence electrons. The molecule has 0 bridgehead atoms. The fourth-order valence-electron chi connectivity index (χ4n) is 4.26. The zero-order valence-corrected chi connectivity index (χ0v) is 19.9. The van der Waals surface area contributed by atoms with E-state index in [9.17, 15) is 4.79 Å². The van der Waals surface area contributed by atoms with Crippen LogP contribution in [0.25, 0.3) is 11.3 Å². The number of rotatable bonds is 8. The van der Waals surface area contributed by atoms with Crippen LogP contribution in [0.15, 0.2) is 60.7 Å². The first-order valence-electron chi connectivity index (χ1n) is 11.5. The number of benzene rings is 2. The van der Waals surface area contributed by atoms with E-state index >= 15 is 0 Å². The average Bonchev–Trinajstić information content (AvgIpc) is 2.89. The number of amides is 1. The van der Waals surface area contributed by atoms with Gasteiger partial charge in [-0.15, -0.1) is 0 Å². The predicted octanol–water partition coefficient (Wildman–Crippen LogP) is 3.88. The smallest absolute Gasteiger partial charge is 0.253 e. The summed E-state index contributed by atoms with van der Waals surface area (Å²) in [6.45, 7) is 5.25. The van der Waals surface area contributed by atoms with E-state index in [1.165, 1.54) is 0 Å². The Labute approximate surface area is 200 Å². The van der Waals surface area contributed by atoms with Crippen LogP contribution in [0, 0.1) is 6.92 Å². The number of aromatic nitrogens is 1. The second-order valence-corrected chi connectivity index (χ2v) is 8.18. The molecule has 0 aliphatic carbocycles. The second-order valence-electron chi connectivity index (χ2n) is 8.18. The zero-order valence-electron chi connectivity index (χ0n) is 19.9. The highest BCUT2D eigenvalue weighted by Crippen LogP contribution is 2.32. The highest BCUT2D eigenvalue weighted by Gasteiger charge is 2.25. The van der Waals surface area contributed by atoms with E-state index < -0.39 is 0 Å². The van der Waals surface area contributed by atoms with Crippen molar-refractivity contribution in [3.05, 3.63) is 77.5 Å². The van der Waals surface area contributed by atoms with Crippen molar-refractivity contribution in [2.45, 2.75) is 13.0 Å². The number of hydrogen-bond donors (Lipinski definition) is 1. The number of carbonyl (C=O) groups is 1. The third kappa shape index (κ3) is 5.38. The van der Waals surface area contributed by atoms with Gasteiger partial charge in [-0.2, -0.15) is 0 Å². The van der Waals surface area contributed by atoms with Crippen molar-refractivity contribution in [3.8, 4) is 22.8 Å². The SMILES string of the molecule is COc1ccc(C(CNC(=O)c2ccc(-c3ccccc3)nc2C)N2CCOCC2)cc1OC. The molecule has 0 saturated carbocycles. The standard InChI is InChI=1S/C27H31N3O4/c1-19-22(10-11-23(29-19)20-7-5-4-6-8-20)27(31)28-18-24(30-13-15-34-16-14-30)21-9-12-25(32-2)26(17-21)33-3/h4-12,17,24H,13-16,18H2,1-3H3,(H,28,31). The lowest BCUT2D eigenvalue weighted by atomic mass is 10.0. The van der Waals surface area contributed by atoms with Gasteiger partial charge in [0.1, 0.15) is 0 Å².